The van der Waals surface area contributed by atoms with Gasteiger partial charge < -0.3 is 15.0 Å². The Labute approximate surface area is 185 Å². The molecule has 1 aliphatic carbocycles. The molecule has 1 saturated heterocycles. The maximum Gasteiger partial charge on any atom is 0.336 e. The molecule has 0 atom stereocenters. The maximum atomic E-state index is 13.3. The van der Waals surface area contributed by atoms with Gasteiger partial charge in [-0.1, -0.05) is 0 Å². The Kier molecular flexibility index (Phi) is 5.20. The zero-order valence-corrected chi connectivity index (χ0v) is 18.2. The summed E-state index contributed by atoms with van der Waals surface area (Å²) in [4.78, 5) is 35.8. The van der Waals surface area contributed by atoms with Gasteiger partial charge in [0.1, 0.15) is 12.9 Å². The molecule has 3 aliphatic rings. The highest BCUT2D eigenvalue weighted by molar-refractivity contribution is 5.94. The minimum absolute atomic E-state index is 0.156. The van der Waals surface area contributed by atoms with E-state index in [1.807, 2.05) is 6.92 Å². The lowest BCUT2D eigenvalue weighted by Gasteiger charge is -2.36. The quantitative estimate of drug-likeness (QED) is 0.675. The number of tetrazole rings is 1. The number of cyclic esters (lactones) is 1. The van der Waals surface area contributed by atoms with Gasteiger partial charge in [-0.05, 0) is 56.4 Å². The van der Waals surface area contributed by atoms with Crippen LogP contribution in [0.1, 0.15) is 50.4 Å². The number of nitrogens with zero attached hydrogens (tertiary/aromatic N) is 7. The van der Waals surface area contributed by atoms with Crippen LogP contribution >= 0.6 is 0 Å². The van der Waals surface area contributed by atoms with Crippen LogP contribution in [-0.2, 0) is 20.9 Å². The number of carbonyl (C=O) groups excluding carboxylic acids is 2. The number of likely N-dealkylation sites (tertiary alicyclic amines) is 1. The number of hydrogen-bond donors (Lipinski definition) is 1. The van der Waals surface area contributed by atoms with E-state index in [-0.39, 0.29) is 23.9 Å². The SMILES string of the molecule is CC1=C(N2CC[C@]3(CC[C@@H](NCc4ncc(-n5cnnn5)nc4C)CC3)C2=O)COC1=O. The van der Waals surface area contributed by atoms with Crippen molar-refractivity contribution in [1.29, 1.82) is 0 Å². The summed E-state index contributed by atoms with van der Waals surface area (Å²) in [6.45, 7) is 5.17. The lowest BCUT2D eigenvalue weighted by molar-refractivity contribution is -0.138. The molecular weight excluding hydrogens is 412 g/mol. The van der Waals surface area contributed by atoms with Crippen LogP contribution in [0.3, 0.4) is 0 Å². The predicted molar refractivity (Wildman–Crippen MR) is 111 cm³/mol. The fourth-order valence-electron chi connectivity index (χ4n) is 4.95. The van der Waals surface area contributed by atoms with Crippen molar-refractivity contribution >= 4 is 11.9 Å². The van der Waals surface area contributed by atoms with Crippen molar-refractivity contribution in [3.63, 3.8) is 0 Å². The highest BCUT2D eigenvalue weighted by Gasteiger charge is 2.50. The topological polar surface area (TPSA) is 128 Å². The smallest absolute Gasteiger partial charge is 0.336 e. The molecule has 4 heterocycles. The van der Waals surface area contributed by atoms with E-state index < -0.39 is 0 Å². The summed E-state index contributed by atoms with van der Waals surface area (Å²) in [5.41, 5.74) is 2.72. The van der Waals surface area contributed by atoms with Crippen molar-refractivity contribution in [2.75, 3.05) is 13.2 Å². The molecule has 5 rings (SSSR count). The summed E-state index contributed by atoms with van der Waals surface area (Å²) in [5.74, 6) is 0.425. The van der Waals surface area contributed by atoms with E-state index >= 15 is 0 Å². The summed E-state index contributed by atoms with van der Waals surface area (Å²) < 4.78 is 6.58. The molecule has 0 unspecified atom stereocenters. The van der Waals surface area contributed by atoms with Crippen LogP contribution in [0.2, 0.25) is 0 Å². The largest absolute Gasteiger partial charge is 0.456 e. The maximum absolute atomic E-state index is 13.3. The molecule has 168 valence electrons. The first-order valence-corrected chi connectivity index (χ1v) is 10.9. The normalized spacial score (nSPS) is 25.8. The van der Waals surface area contributed by atoms with Gasteiger partial charge in [0.15, 0.2) is 5.82 Å². The molecule has 0 radical (unpaired) electrons. The summed E-state index contributed by atoms with van der Waals surface area (Å²) in [6, 6.07) is 0.334. The summed E-state index contributed by atoms with van der Waals surface area (Å²) in [6.07, 6.45) is 7.56. The van der Waals surface area contributed by atoms with Crippen molar-refractivity contribution in [1.82, 2.24) is 40.4 Å². The van der Waals surface area contributed by atoms with Gasteiger partial charge in [-0.25, -0.2) is 9.78 Å². The van der Waals surface area contributed by atoms with Crippen LogP contribution in [0.25, 0.3) is 5.82 Å². The van der Waals surface area contributed by atoms with Gasteiger partial charge in [-0.2, -0.15) is 4.68 Å². The summed E-state index contributed by atoms with van der Waals surface area (Å²) >= 11 is 0. The van der Waals surface area contributed by atoms with E-state index in [9.17, 15) is 9.59 Å². The Bertz CT molecular complexity index is 1070. The lowest BCUT2D eigenvalue weighted by atomic mass is 9.71. The Hall–Kier alpha value is -3.21. The molecular formula is C21H26N8O3. The van der Waals surface area contributed by atoms with Crippen molar-refractivity contribution < 1.29 is 14.3 Å². The van der Waals surface area contributed by atoms with Crippen LogP contribution < -0.4 is 5.32 Å². The standard InChI is InChI=1S/C21H26N8O3/c1-13-17(11-32-19(13)30)28-8-7-21(20(28)31)5-3-15(4-6-21)22-9-16-14(2)25-18(10-23-16)29-12-24-26-27-29/h10,12,15,22H,3-9,11H2,1-2H3/t15-,21-. The van der Waals surface area contributed by atoms with Gasteiger partial charge in [0.2, 0.25) is 5.91 Å². The number of amides is 1. The van der Waals surface area contributed by atoms with Gasteiger partial charge in [0.25, 0.3) is 0 Å². The molecule has 1 amide bonds. The minimum atomic E-state index is -0.314. The van der Waals surface area contributed by atoms with Gasteiger partial charge in [0, 0.05) is 19.1 Å². The van der Waals surface area contributed by atoms with Gasteiger partial charge >= 0.3 is 5.97 Å². The number of rotatable bonds is 5. The number of nitrogens with one attached hydrogen (secondary N) is 1. The average Bonchev–Trinajstić information content (AvgIpc) is 3.52. The van der Waals surface area contributed by atoms with E-state index in [1.165, 1.54) is 11.0 Å². The molecule has 0 bridgehead atoms. The molecule has 11 nitrogen and oxygen atoms in total. The second kappa shape index (κ2) is 8.05. The fraction of sp³-hybridized carbons (Fsp3) is 0.571. The molecule has 1 N–H and O–H groups in total. The molecule has 32 heavy (non-hydrogen) atoms. The third kappa shape index (κ3) is 3.56. The molecule has 2 aromatic heterocycles. The van der Waals surface area contributed by atoms with Crippen molar-refractivity contribution in [2.45, 2.75) is 58.5 Å². The third-order valence-corrected chi connectivity index (χ3v) is 7.04. The van der Waals surface area contributed by atoms with E-state index in [0.717, 1.165) is 49.2 Å². The molecule has 11 heteroatoms. The molecule has 2 aromatic rings. The van der Waals surface area contributed by atoms with Crippen LogP contribution in [0.15, 0.2) is 23.8 Å². The minimum Gasteiger partial charge on any atom is -0.456 e. The number of aromatic nitrogens is 6. The van der Waals surface area contributed by atoms with E-state index in [4.69, 9.17) is 4.74 Å². The predicted octanol–water partition coefficient (Wildman–Crippen LogP) is 0.842. The van der Waals surface area contributed by atoms with Gasteiger partial charge in [-0.3, -0.25) is 9.78 Å². The zero-order valence-electron chi connectivity index (χ0n) is 18.2. The Morgan fingerprint density at radius 2 is 2.03 bits per heavy atom. The van der Waals surface area contributed by atoms with Crippen molar-refractivity contribution in [3.8, 4) is 5.82 Å². The second-order valence-corrected chi connectivity index (χ2v) is 8.80. The van der Waals surface area contributed by atoms with Crippen molar-refractivity contribution in [2.24, 2.45) is 5.41 Å². The number of carbonyl (C=O) groups is 2. The Balaban J connectivity index is 1.17. The Morgan fingerprint density at radius 1 is 1.22 bits per heavy atom. The number of aryl methyl sites for hydroxylation is 1. The second-order valence-electron chi connectivity index (χ2n) is 8.80. The first-order chi connectivity index (χ1) is 15.5. The number of hydrogen-bond acceptors (Lipinski definition) is 9. The summed E-state index contributed by atoms with van der Waals surface area (Å²) in [5, 5.41) is 14.7. The highest BCUT2D eigenvalue weighted by atomic mass is 16.5. The third-order valence-electron chi connectivity index (χ3n) is 7.04. The fourth-order valence-corrected chi connectivity index (χ4v) is 4.95. The van der Waals surface area contributed by atoms with Crippen molar-refractivity contribution in [3.05, 3.63) is 35.2 Å². The van der Waals surface area contributed by atoms with Crippen LogP contribution in [0, 0.1) is 12.3 Å². The highest BCUT2D eigenvalue weighted by Crippen LogP contribution is 2.46. The van der Waals surface area contributed by atoms with Gasteiger partial charge in [0.05, 0.1) is 34.3 Å². The monoisotopic (exact) mass is 438 g/mol. The van der Waals surface area contributed by atoms with Gasteiger partial charge in [-0.15, -0.1) is 5.10 Å². The van der Waals surface area contributed by atoms with Crippen LogP contribution in [-0.4, -0.2) is 66.1 Å². The molecule has 0 aromatic carbocycles. The van der Waals surface area contributed by atoms with E-state index in [1.54, 1.807) is 18.0 Å². The molecule has 1 spiro atoms. The number of esters is 1. The molecule has 2 fully saturated rings. The average molecular weight is 438 g/mol. The Morgan fingerprint density at radius 3 is 2.69 bits per heavy atom. The number of ether oxygens (including phenoxy) is 1. The summed E-state index contributed by atoms with van der Waals surface area (Å²) in [7, 11) is 0. The zero-order chi connectivity index (χ0) is 22.3. The van der Waals surface area contributed by atoms with E-state index in [0.29, 0.717) is 30.5 Å². The first-order valence-electron chi connectivity index (χ1n) is 10.9. The van der Waals surface area contributed by atoms with Crippen LogP contribution in [0.5, 0.6) is 0 Å². The molecule has 2 aliphatic heterocycles. The molecule has 1 saturated carbocycles. The lowest BCUT2D eigenvalue weighted by Crippen LogP contribution is -2.42. The first kappa shape index (κ1) is 20.7. The van der Waals surface area contributed by atoms with Crippen LogP contribution in [0.4, 0.5) is 0 Å². The van der Waals surface area contributed by atoms with E-state index in [2.05, 4.69) is 30.8 Å².